The third-order valence-corrected chi connectivity index (χ3v) is 2.98. The quantitative estimate of drug-likeness (QED) is 0.820. The molecule has 0 bridgehead atoms. The molecule has 2 heterocycles. The predicted molar refractivity (Wildman–Crippen MR) is 70.9 cm³/mol. The fourth-order valence-corrected chi connectivity index (χ4v) is 2.05. The van der Waals surface area contributed by atoms with Gasteiger partial charge in [-0.15, -0.1) is 0 Å². The highest BCUT2D eigenvalue weighted by Crippen LogP contribution is 2.26. The number of fused-ring (bicyclic) bond motifs is 1. The van der Waals surface area contributed by atoms with Crippen molar-refractivity contribution in [1.82, 2.24) is 4.98 Å². The molecule has 0 saturated carbocycles. The molecule has 100 valence electrons. The number of anilines is 2. The summed E-state index contributed by atoms with van der Waals surface area (Å²) in [5.41, 5.74) is 2.33. The van der Waals surface area contributed by atoms with E-state index in [1.165, 1.54) is 12.3 Å². The number of hydrogen-bond donors (Lipinski definition) is 2. The molecule has 1 aliphatic rings. The van der Waals surface area contributed by atoms with Crippen molar-refractivity contribution in [2.24, 2.45) is 0 Å². The van der Waals surface area contributed by atoms with Crippen molar-refractivity contribution in [3.63, 3.8) is 0 Å². The van der Waals surface area contributed by atoms with E-state index < -0.39 is 11.9 Å². The summed E-state index contributed by atoms with van der Waals surface area (Å²) in [6.07, 6.45) is 1.53. The molecular weight excluding hydrogens is 261 g/mol. The Kier molecular flexibility index (Phi) is 2.90. The van der Waals surface area contributed by atoms with Crippen molar-refractivity contribution < 1.29 is 14.0 Å². The van der Waals surface area contributed by atoms with Crippen molar-refractivity contribution in [2.75, 3.05) is 10.6 Å². The second-order valence-corrected chi connectivity index (χ2v) is 4.42. The number of halogens is 1. The molecule has 0 unspecified atom stereocenters. The molecule has 3 rings (SSSR count). The molecule has 2 amide bonds. The molecule has 0 saturated heterocycles. The minimum absolute atomic E-state index is 0.0697. The Hall–Kier alpha value is -2.76. The number of aromatic nitrogens is 1. The predicted octanol–water partition coefficient (Wildman–Crippen LogP) is 1.97. The molecule has 0 fully saturated rings. The Morgan fingerprint density at radius 1 is 1.30 bits per heavy atom. The zero-order valence-corrected chi connectivity index (χ0v) is 10.3. The topological polar surface area (TPSA) is 71.1 Å². The van der Waals surface area contributed by atoms with E-state index in [1.807, 2.05) is 0 Å². The van der Waals surface area contributed by atoms with Gasteiger partial charge in [-0.25, -0.2) is 4.98 Å². The number of nitrogens with zero attached hydrogens (tertiary/aromatic N) is 1. The Labute approximate surface area is 113 Å². The summed E-state index contributed by atoms with van der Waals surface area (Å²) >= 11 is 0. The van der Waals surface area contributed by atoms with E-state index in [-0.39, 0.29) is 11.5 Å². The molecule has 2 aromatic rings. The fraction of sp³-hybridized carbons (Fsp3) is 0.0714. The van der Waals surface area contributed by atoms with Crippen molar-refractivity contribution in [1.29, 1.82) is 0 Å². The number of carbonyl (C=O) groups excluding carboxylic acids is 2. The van der Waals surface area contributed by atoms with Crippen LogP contribution in [-0.4, -0.2) is 16.8 Å². The summed E-state index contributed by atoms with van der Waals surface area (Å²) in [5.74, 6) is -1.20. The first kappa shape index (κ1) is 12.3. The van der Waals surface area contributed by atoms with Crippen LogP contribution in [-0.2, 0) is 11.2 Å². The van der Waals surface area contributed by atoms with Crippen LogP contribution in [0.1, 0.15) is 15.9 Å². The molecule has 1 aliphatic heterocycles. The molecule has 0 atom stereocenters. The summed E-state index contributed by atoms with van der Waals surface area (Å²) in [4.78, 5) is 26.6. The van der Waals surface area contributed by atoms with E-state index >= 15 is 0 Å². The van der Waals surface area contributed by atoms with Crippen LogP contribution in [0.15, 0.2) is 36.5 Å². The maximum atomic E-state index is 13.0. The van der Waals surface area contributed by atoms with Gasteiger partial charge in [-0.05, 0) is 29.8 Å². The lowest BCUT2D eigenvalue weighted by Gasteiger charge is -2.07. The molecule has 2 N–H and O–H groups in total. The van der Waals surface area contributed by atoms with E-state index in [9.17, 15) is 14.0 Å². The molecular formula is C14H10FN3O2. The van der Waals surface area contributed by atoms with Crippen LogP contribution in [0.3, 0.4) is 0 Å². The zero-order valence-electron chi connectivity index (χ0n) is 10.3. The van der Waals surface area contributed by atoms with Crippen LogP contribution >= 0.6 is 0 Å². The van der Waals surface area contributed by atoms with Gasteiger partial charge in [-0.3, -0.25) is 9.59 Å². The van der Waals surface area contributed by atoms with Crippen LogP contribution < -0.4 is 10.6 Å². The largest absolute Gasteiger partial charge is 0.326 e. The Balaban J connectivity index is 1.80. The lowest BCUT2D eigenvalue weighted by molar-refractivity contribution is -0.115. The SMILES string of the molecule is O=C1Cc2cc(NC(=O)c3ccnc(F)c3)ccc2N1. The van der Waals surface area contributed by atoms with Gasteiger partial charge >= 0.3 is 0 Å². The standard InChI is InChI=1S/C14H10FN3O2/c15-12-6-8(3-4-16-12)14(20)17-10-1-2-11-9(5-10)7-13(19)18-11/h1-6H,7H2,(H,17,20)(H,18,19). The maximum absolute atomic E-state index is 13.0. The average Bonchev–Trinajstić information content (AvgIpc) is 2.78. The summed E-state index contributed by atoms with van der Waals surface area (Å²) in [5, 5.41) is 5.37. The maximum Gasteiger partial charge on any atom is 0.255 e. The number of carbonyl (C=O) groups is 2. The van der Waals surface area contributed by atoms with Gasteiger partial charge < -0.3 is 10.6 Å². The number of rotatable bonds is 2. The average molecular weight is 271 g/mol. The molecule has 5 nitrogen and oxygen atoms in total. The number of hydrogen-bond acceptors (Lipinski definition) is 3. The van der Waals surface area contributed by atoms with Gasteiger partial charge in [0.05, 0.1) is 6.42 Å². The smallest absolute Gasteiger partial charge is 0.255 e. The van der Waals surface area contributed by atoms with Crippen molar-refractivity contribution in [2.45, 2.75) is 6.42 Å². The first-order valence-electron chi connectivity index (χ1n) is 5.97. The van der Waals surface area contributed by atoms with E-state index in [2.05, 4.69) is 15.6 Å². The number of benzene rings is 1. The summed E-state index contributed by atoms with van der Waals surface area (Å²) in [7, 11) is 0. The van der Waals surface area contributed by atoms with Gasteiger partial charge in [0.25, 0.3) is 5.91 Å². The first-order chi connectivity index (χ1) is 9.61. The van der Waals surface area contributed by atoms with Crippen molar-refractivity contribution in [3.05, 3.63) is 53.6 Å². The monoisotopic (exact) mass is 271 g/mol. The number of nitrogens with one attached hydrogen (secondary N) is 2. The van der Waals surface area contributed by atoms with Gasteiger partial charge in [0.1, 0.15) is 0 Å². The summed E-state index contributed by atoms with van der Waals surface area (Å²) in [6, 6.07) is 7.62. The highest BCUT2D eigenvalue weighted by Gasteiger charge is 2.18. The van der Waals surface area contributed by atoms with Gasteiger partial charge in [0.2, 0.25) is 11.9 Å². The molecule has 6 heteroatoms. The lowest BCUT2D eigenvalue weighted by atomic mass is 10.1. The second kappa shape index (κ2) is 4.73. The van der Waals surface area contributed by atoms with E-state index in [4.69, 9.17) is 0 Å². The number of amides is 2. The molecule has 0 radical (unpaired) electrons. The third-order valence-electron chi connectivity index (χ3n) is 2.98. The Bertz CT molecular complexity index is 715. The summed E-state index contributed by atoms with van der Waals surface area (Å²) in [6.45, 7) is 0. The molecule has 0 spiro atoms. The molecule has 1 aromatic carbocycles. The summed E-state index contributed by atoms with van der Waals surface area (Å²) < 4.78 is 13.0. The minimum Gasteiger partial charge on any atom is -0.326 e. The highest BCUT2D eigenvalue weighted by atomic mass is 19.1. The van der Waals surface area contributed by atoms with Crippen LogP contribution in [0.5, 0.6) is 0 Å². The van der Waals surface area contributed by atoms with Crippen LogP contribution in [0, 0.1) is 5.95 Å². The highest BCUT2D eigenvalue weighted by molar-refractivity contribution is 6.05. The van der Waals surface area contributed by atoms with E-state index in [0.717, 1.165) is 17.3 Å². The van der Waals surface area contributed by atoms with Gasteiger partial charge in [-0.1, -0.05) is 0 Å². The van der Waals surface area contributed by atoms with Crippen LogP contribution in [0.4, 0.5) is 15.8 Å². The normalized spacial score (nSPS) is 12.8. The number of pyridine rings is 1. The van der Waals surface area contributed by atoms with Crippen molar-refractivity contribution in [3.8, 4) is 0 Å². The minimum atomic E-state index is -0.707. The van der Waals surface area contributed by atoms with Gasteiger partial charge in [0, 0.05) is 29.2 Å². The van der Waals surface area contributed by atoms with E-state index in [0.29, 0.717) is 12.1 Å². The zero-order chi connectivity index (χ0) is 14.1. The van der Waals surface area contributed by atoms with Crippen LogP contribution in [0.2, 0.25) is 0 Å². The molecule has 20 heavy (non-hydrogen) atoms. The van der Waals surface area contributed by atoms with Gasteiger partial charge in [0.15, 0.2) is 0 Å². The van der Waals surface area contributed by atoms with E-state index in [1.54, 1.807) is 18.2 Å². The fourth-order valence-electron chi connectivity index (χ4n) is 2.05. The van der Waals surface area contributed by atoms with Crippen molar-refractivity contribution >= 4 is 23.2 Å². The second-order valence-electron chi connectivity index (χ2n) is 4.42. The third kappa shape index (κ3) is 2.35. The lowest BCUT2D eigenvalue weighted by Crippen LogP contribution is -2.12. The molecule has 1 aromatic heterocycles. The molecule has 0 aliphatic carbocycles. The Morgan fingerprint density at radius 3 is 2.95 bits per heavy atom. The van der Waals surface area contributed by atoms with Gasteiger partial charge in [-0.2, -0.15) is 4.39 Å². The Morgan fingerprint density at radius 2 is 2.15 bits per heavy atom. The van der Waals surface area contributed by atoms with Crippen LogP contribution in [0.25, 0.3) is 0 Å². The first-order valence-corrected chi connectivity index (χ1v) is 5.97.